The Morgan fingerprint density at radius 1 is 1.33 bits per heavy atom. The molecule has 0 spiro atoms. The van der Waals surface area contributed by atoms with Crippen LogP contribution in [0.1, 0.15) is 24.5 Å². The van der Waals surface area contributed by atoms with E-state index in [0.717, 1.165) is 23.9 Å². The zero-order chi connectivity index (χ0) is 10.7. The van der Waals surface area contributed by atoms with Crippen molar-refractivity contribution >= 4 is 15.9 Å². The van der Waals surface area contributed by atoms with Crippen molar-refractivity contribution in [3.63, 3.8) is 0 Å². The molecule has 0 radical (unpaired) electrons. The van der Waals surface area contributed by atoms with Gasteiger partial charge < -0.3 is 9.47 Å². The van der Waals surface area contributed by atoms with Gasteiger partial charge in [0, 0.05) is 5.33 Å². The largest absolute Gasteiger partial charge is 0.497 e. The number of hydrogen-bond donors (Lipinski definition) is 0. The van der Waals surface area contributed by atoms with Crippen LogP contribution in [0.5, 0.6) is 5.75 Å². The molecule has 1 aliphatic rings. The van der Waals surface area contributed by atoms with Gasteiger partial charge in [0.1, 0.15) is 5.75 Å². The first-order valence-corrected chi connectivity index (χ1v) is 6.31. The summed E-state index contributed by atoms with van der Waals surface area (Å²) >= 11 is 3.45. The van der Waals surface area contributed by atoms with Gasteiger partial charge in [-0.05, 0) is 30.5 Å². The van der Waals surface area contributed by atoms with Gasteiger partial charge in [0.05, 0.1) is 19.3 Å². The Balaban J connectivity index is 2.04. The summed E-state index contributed by atoms with van der Waals surface area (Å²) in [5, 5.41) is 0.930. The Morgan fingerprint density at radius 2 is 2.07 bits per heavy atom. The molecule has 1 aromatic rings. The van der Waals surface area contributed by atoms with Crippen LogP contribution in [0, 0.1) is 0 Å². The molecule has 2 rings (SSSR count). The number of benzene rings is 1. The summed E-state index contributed by atoms with van der Waals surface area (Å²) in [6, 6.07) is 8.14. The quantitative estimate of drug-likeness (QED) is 0.785. The van der Waals surface area contributed by atoms with Gasteiger partial charge in [-0.25, -0.2) is 0 Å². The fourth-order valence-electron chi connectivity index (χ4n) is 1.88. The molecule has 0 aliphatic carbocycles. The smallest absolute Gasteiger partial charge is 0.118 e. The summed E-state index contributed by atoms with van der Waals surface area (Å²) in [5.41, 5.74) is 1.25. The van der Waals surface area contributed by atoms with Crippen LogP contribution in [0.25, 0.3) is 0 Å². The number of alkyl halides is 1. The van der Waals surface area contributed by atoms with E-state index in [1.807, 2.05) is 12.1 Å². The zero-order valence-electron chi connectivity index (χ0n) is 8.78. The average molecular weight is 271 g/mol. The van der Waals surface area contributed by atoms with Crippen molar-refractivity contribution in [3.05, 3.63) is 29.8 Å². The van der Waals surface area contributed by atoms with Crippen LogP contribution >= 0.6 is 15.9 Å². The molecular formula is C12H15BrO2. The fourth-order valence-corrected chi connectivity index (χ4v) is 2.36. The van der Waals surface area contributed by atoms with Crippen molar-refractivity contribution in [1.82, 2.24) is 0 Å². The lowest BCUT2D eigenvalue weighted by atomic mass is 10.1. The molecule has 0 unspecified atom stereocenters. The van der Waals surface area contributed by atoms with Gasteiger partial charge in [0.15, 0.2) is 0 Å². The van der Waals surface area contributed by atoms with E-state index in [9.17, 15) is 0 Å². The van der Waals surface area contributed by atoms with E-state index in [1.54, 1.807) is 7.11 Å². The van der Waals surface area contributed by atoms with E-state index in [1.165, 1.54) is 5.56 Å². The molecule has 0 aromatic heterocycles. The Hall–Kier alpha value is -0.540. The van der Waals surface area contributed by atoms with Gasteiger partial charge in [-0.1, -0.05) is 28.1 Å². The maximum Gasteiger partial charge on any atom is 0.118 e. The maximum atomic E-state index is 5.88. The molecule has 15 heavy (non-hydrogen) atoms. The lowest BCUT2D eigenvalue weighted by Gasteiger charge is -2.12. The Bertz CT molecular complexity index is 310. The van der Waals surface area contributed by atoms with Gasteiger partial charge >= 0.3 is 0 Å². The van der Waals surface area contributed by atoms with Crippen LogP contribution in [0.15, 0.2) is 24.3 Å². The molecule has 2 nitrogen and oxygen atoms in total. The second-order valence-corrected chi connectivity index (χ2v) is 4.40. The van der Waals surface area contributed by atoms with Crippen molar-refractivity contribution < 1.29 is 9.47 Å². The molecule has 0 amide bonds. The van der Waals surface area contributed by atoms with E-state index < -0.39 is 0 Å². The van der Waals surface area contributed by atoms with Crippen LogP contribution < -0.4 is 4.74 Å². The molecule has 82 valence electrons. The third-order valence-corrected chi connectivity index (χ3v) is 3.49. The van der Waals surface area contributed by atoms with E-state index >= 15 is 0 Å². The molecule has 0 N–H and O–H groups in total. The van der Waals surface area contributed by atoms with E-state index in [4.69, 9.17) is 9.47 Å². The number of halogens is 1. The van der Waals surface area contributed by atoms with Crippen LogP contribution in [-0.4, -0.2) is 18.5 Å². The van der Waals surface area contributed by atoms with Gasteiger partial charge in [0.25, 0.3) is 0 Å². The van der Waals surface area contributed by atoms with Gasteiger partial charge in [-0.3, -0.25) is 0 Å². The summed E-state index contributed by atoms with van der Waals surface area (Å²) in [6.45, 7) is 0. The monoisotopic (exact) mass is 270 g/mol. The van der Waals surface area contributed by atoms with E-state index in [0.29, 0.717) is 6.10 Å². The van der Waals surface area contributed by atoms with Gasteiger partial charge in [-0.15, -0.1) is 0 Å². The highest BCUT2D eigenvalue weighted by atomic mass is 79.9. The number of hydrogen-bond acceptors (Lipinski definition) is 2. The predicted octanol–water partition coefficient (Wildman–Crippen LogP) is 3.31. The maximum absolute atomic E-state index is 5.88. The van der Waals surface area contributed by atoms with Gasteiger partial charge in [0.2, 0.25) is 0 Å². The standard InChI is InChI=1S/C12H15BrO2/c1-14-10-4-2-9(3-5-10)12-7-6-11(8-13)15-12/h2-5,11-12H,6-8H2,1H3/t11-,12+/m0/s1. The van der Waals surface area contributed by atoms with E-state index in [2.05, 4.69) is 28.1 Å². The van der Waals surface area contributed by atoms with Crippen LogP contribution in [0.4, 0.5) is 0 Å². The summed E-state index contributed by atoms with van der Waals surface area (Å²) in [4.78, 5) is 0. The molecule has 1 aliphatic heterocycles. The SMILES string of the molecule is COc1ccc([C@H]2CC[C@@H](CBr)O2)cc1. The number of ether oxygens (including phenoxy) is 2. The molecular weight excluding hydrogens is 256 g/mol. The minimum absolute atomic E-state index is 0.262. The first kappa shape index (κ1) is 11.0. The lowest BCUT2D eigenvalue weighted by molar-refractivity contribution is 0.0588. The second-order valence-electron chi connectivity index (χ2n) is 3.75. The van der Waals surface area contributed by atoms with Crippen molar-refractivity contribution in [2.45, 2.75) is 25.0 Å². The second kappa shape index (κ2) is 4.99. The third kappa shape index (κ3) is 2.52. The van der Waals surface area contributed by atoms with Crippen molar-refractivity contribution in [3.8, 4) is 5.75 Å². The highest BCUT2D eigenvalue weighted by molar-refractivity contribution is 9.09. The van der Waals surface area contributed by atoms with Crippen LogP contribution in [0.2, 0.25) is 0 Å². The average Bonchev–Trinajstić information content (AvgIpc) is 2.78. The Morgan fingerprint density at radius 3 is 2.60 bits per heavy atom. The molecule has 1 aromatic carbocycles. The topological polar surface area (TPSA) is 18.5 Å². The molecule has 0 saturated carbocycles. The molecule has 1 saturated heterocycles. The predicted molar refractivity (Wildman–Crippen MR) is 63.6 cm³/mol. The van der Waals surface area contributed by atoms with Crippen molar-refractivity contribution in [2.24, 2.45) is 0 Å². The summed E-state index contributed by atoms with van der Waals surface area (Å²) in [5.74, 6) is 0.897. The number of methoxy groups -OCH3 is 1. The Kier molecular flexibility index (Phi) is 3.65. The van der Waals surface area contributed by atoms with Crippen LogP contribution in [-0.2, 0) is 4.74 Å². The minimum atomic E-state index is 0.262. The normalized spacial score (nSPS) is 25.5. The highest BCUT2D eigenvalue weighted by Crippen LogP contribution is 2.33. The molecule has 0 bridgehead atoms. The molecule has 1 heterocycles. The fraction of sp³-hybridized carbons (Fsp3) is 0.500. The van der Waals surface area contributed by atoms with Crippen molar-refractivity contribution in [1.29, 1.82) is 0 Å². The first-order chi connectivity index (χ1) is 7.33. The first-order valence-electron chi connectivity index (χ1n) is 5.19. The third-order valence-electron chi connectivity index (χ3n) is 2.77. The molecule has 2 atom stereocenters. The summed E-state index contributed by atoms with van der Waals surface area (Å²) < 4.78 is 11.0. The number of rotatable bonds is 3. The van der Waals surface area contributed by atoms with E-state index in [-0.39, 0.29) is 6.10 Å². The highest BCUT2D eigenvalue weighted by Gasteiger charge is 2.25. The molecule has 3 heteroatoms. The zero-order valence-corrected chi connectivity index (χ0v) is 10.4. The minimum Gasteiger partial charge on any atom is -0.497 e. The summed E-state index contributed by atoms with van der Waals surface area (Å²) in [7, 11) is 1.68. The van der Waals surface area contributed by atoms with Crippen LogP contribution in [0.3, 0.4) is 0 Å². The summed E-state index contributed by atoms with van der Waals surface area (Å²) in [6.07, 6.45) is 2.89. The molecule has 1 fully saturated rings. The Labute approximate surface area is 98.7 Å². The lowest BCUT2D eigenvalue weighted by Crippen LogP contribution is -2.07. The van der Waals surface area contributed by atoms with Crippen molar-refractivity contribution in [2.75, 3.05) is 12.4 Å². The van der Waals surface area contributed by atoms with Gasteiger partial charge in [-0.2, -0.15) is 0 Å².